The van der Waals surface area contributed by atoms with E-state index < -0.39 is 5.72 Å². The molecule has 1 spiro atoms. The monoisotopic (exact) mass is 413 g/mol. The number of benzene rings is 3. The minimum absolute atomic E-state index is 0.260. The van der Waals surface area contributed by atoms with Crippen molar-refractivity contribution in [2.75, 3.05) is 43.2 Å². The van der Waals surface area contributed by atoms with E-state index in [4.69, 9.17) is 14.5 Å². The SMILES string of the molecule is CN1c2ccccc2C(C)(C)[C@]12C=Nc1c(cc(N3CCOCC3)c3ccccc13)O2. The lowest BCUT2D eigenvalue weighted by molar-refractivity contribution is 0.0826. The zero-order chi connectivity index (χ0) is 21.2. The second kappa shape index (κ2) is 6.47. The summed E-state index contributed by atoms with van der Waals surface area (Å²) in [5, 5.41) is 2.34. The number of anilines is 2. The standard InChI is InChI=1S/C26H27N3O2/c1-25(2)20-10-6-7-11-21(20)28(3)26(25)17-27-24-19-9-5-4-8-18(19)22(16-23(24)31-26)29-12-14-30-15-13-29/h4-11,16-17H,12-15H2,1-3H3/t26-/m1/s1. The van der Waals surface area contributed by atoms with Crippen molar-refractivity contribution in [1.82, 2.24) is 0 Å². The van der Waals surface area contributed by atoms with Crippen LogP contribution in [0.2, 0.25) is 0 Å². The third-order valence-electron chi connectivity index (χ3n) is 7.28. The van der Waals surface area contributed by atoms with E-state index in [2.05, 4.69) is 85.3 Å². The van der Waals surface area contributed by atoms with Crippen molar-refractivity contribution in [3.63, 3.8) is 0 Å². The number of rotatable bonds is 1. The molecule has 0 aromatic heterocycles. The lowest BCUT2D eigenvalue weighted by atomic mass is 9.77. The van der Waals surface area contributed by atoms with E-state index in [1.807, 2.05) is 6.21 Å². The number of morpholine rings is 1. The fourth-order valence-corrected chi connectivity index (χ4v) is 5.47. The summed E-state index contributed by atoms with van der Waals surface area (Å²) in [6.45, 7) is 7.76. The molecule has 0 aliphatic carbocycles. The Labute approximate surface area is 182 Å². The Kier molecular flexibility index (Phi) is 3.90. The van der Waals surface area contributed by atoms with E-state index in [1.54, 1.807) is 0 Å². The fraction of sp³-hybridized carbons (Fsp3) is 0.346. The molecule has 0 bridgehead atoms. The van der Waals surface area contributed by atoms with Crippen molar-refractivity contribution < 1.29 is 9.47 Å². The maximum atomic E-state index is 6.95. The first-order valence-corrected chi connectivity index (χ1v) is 11.0. The molecule has 0 radical (unpaired) electrons. The molecule has 3 aromatic rings. The summed E-state index contributed by atoms with van der Waals surface area (Å²) in [5.41, 5.74) is 3.65. The second-order valence-corrected chi connectivity index (χ2v) is 9.15. The van der Waals surface area contributed by atoms with Crippen LogP contribution in [0.5, 0.6) is 5.75 Å². The van der Waals surface area contributed by atoms with Gasteiger partial charge in [-0.3, -0.25) is 4.99 Å². The summed E-state index contributed by atoms with van der Waals surface area (Å²) in [7, 11) is 2.11. The molecule has 6 rings (SSSR count). The van der Waals surface area contributed by atoms with Gasteiger partial charge in [0.2, 0.25) is 5.72 Å². The van der Waals surface area contributed by atoms with Gasteiger partial charge < -0.3 is 19.3 Å². The quantitative estimate of drug-likeness (QED) is 0.569. The summed E-state index contributed by atoms with van der Waals surface area (Å²) < 4.78 is 12.5. The fourth-order valence-electron chi connectivity index (χ4n) is 5.47. The number of likely N-dealkylation sites (N-methyl/N-ethyl adjacent to an activating group) is 1. The molecular weight excluding hydrogens is 386 g/mol. The van der Waals surface area contributed by atoms with Crippen molar-refractivity contribution in [3.05, 3.63) is 60.2 Å². The minimum atomic E-state index is -0.672. The first-order chi connectivity index (χ1) is 15.0. The zero-order valence-corrected chi connectivity index (χ0v) is 18.3. The van der Waals surface area contributed by atoms with Gasteiger partial charge in [-0.2, -0.15) is 0 Å². The molecule has 158 valence electrons. The summed E-state index contributed by atoms with van der Waals surface area (Å²) in [5.74, 6) is 0.843. The smallest absolute Gasteiger partial charge is 0.228 e. The summed E-state index contributed by atoms with van der Waals surface area (Å²) in [6.07, 6.45) is 2.01. The summed E-state index contributed by atoms with van der Waals surface area (Å²) >= 11 is 0. The molecule has 3 aromatic carbocycles. The molecule has 3 aliphatic rings. The van der Waals surface area contributed by atoms with E-state index >= 15 is 0 Å². The molecule has 31 heavy (non-hydrogen) atoms. The molecule has 1 fully saturated rings. The number of hydrogen-bond acceptors (Lipinski definition) is 5. The first kappa shape index (κ1) is 18.7. The molecule has 0 saturated carbocycles. The Bertz CT molecular complexity index is 1210. The molecule has 1 atom stereocenters. The molecule has 1 saturated heterocycles. The number of hydrogen-bond donors (Lipinski definition) is 0. The van der Waals surface area contributed by atoms with E-state index in [9.17, 15) is 0 Å². The summed E-state index contributed by atoms with van der Waals surface area (Å²) in [4.78, 5) is 9.67. The van der Waals surface area contributed by atoms with Crippen LogP contribution in [0.4, 0.5) is 17.1 Å². The van der Waals surface area contributed by atoms with Crippen LogP contribution in [-0.4, -0.2) is 45.3 Å². The molecule has 0 N–H and O–H groups in total. The van der Waals surface area contributed by atoms with Crippen LogP contribution in [0, 0.1) is 0 Å². The Hall–Kier alpha value is -3.05. The molecule has 0 amide bonds. The van der Waals surface area contributed by atoms with Crippen LogP contribution >= 0.6 is 0 Å². The third kappa shape index (κ3) is 2.44. The van der Waals surface area contributed by atoms with Gasteiger partial charge in [-0.25, -0.2) is 0 Å². The molecule has 0 unspecified atom stereocenters. The van der Waals surface area contributed by atoms with E-state index in [-0.39, 0.29) is 5.41 Å². The predicted octanol–water partition coefficient (Wildman–Crippen LogP) is 4.90. The van der Waals surface area contributed by atoms with Crippen LogP contribution in [0.3, 0.4) is 0 Å². The third-order valence-corrected chi connectivity index (χ3v) is 7.28. The Morgan fingerprint density at radius 2 is 1.61 bits per heavy atom. The topological polar surface area (TPSA) is 37.3 Å². The highest BCUT2D eigenvalue weighted by Crippen LogP contribution is 2.55. The van der Waals surface area contributed by atoms with Gasteiger partial charge in [-0.15, -0.1) is 0 Å². The Morgan fingerprint density at radius 3 is 2.39 bits per heavy atom. The highest BCUT2D eigenvalue weighted by atomic mass is 16.5. The van der Waals surface area contributed by atoms with E-state index in [0.29, 0.717) is 0 Å². The van der Waals surface area contributed by atoms with E-state index in [0.717, 1.165) is 43.1 Å². The van der Waals surface area contributed by atoms with Gasteiger partial charge >= 0.3 is 0 Å². The first-order valence-electron chi connectivity index (χ1n) is 11.0. The van der Waals surface area contributed by atoms with Crippen molar-refractivity contribution in [1.29, 1.82) is 0 Å². The highest BCUT2D eigenvalue weighted by molar-refractivity contribution is 6.06. The maximum Gasteiger partial charge on any atom is 0.228 e. The van der Waals surface area contributed by atoms with E-state index in [1.165, 1.54) is 22.3 Å². The second-order valence-electron chi connectivity index (χ2n) is 9.15. The molecule has 5 nitrogen and oxygen atoms in total. The van der Waals surface area contributed by atoms with Gasteiger partial charge in [-0.05, 0) is 25.5 Å². The maximum absolute atomic E-state index is 6.95. The van der Waals surface area contributed by atoms with Gasteiger partial charge in [0.05, 0.1) is 24.8 Å². The van der Waals surface area contributed by atoms with Crippen LogP contribution in [0.15, 0.2) is 59.6 Å². The lowest BCUT2D eigenvalue weighted by Crippen LogP contribution is -2.61. The molecule has 3 heterocycles. The number of ether oxygens (including phenoxy) is 2. The largest absolute Gasteiger partial charge is 0.459 e. The van der Waals surface area contributed by atoms with Crippen molar-refractivity contribution >= 4 is 34.0 Å². The molecule has 3 aliphatic heterocycles. The van der Waals surface area contributed by atoms with Crippen LogP contribution in [0.1, 0.15) is 19.4 Å². The number of para-hydroxylation sites is 1. The zero-order valence-electron chi connectivity index (χ0n) is 18.3. The van der Waals surface area contributed by atoms with Crippen LogP contribution in [-0.2, 0) is 10.2 Å². The van der Waals surface area contributed by atoms with Crippen molar-refractivity contribution in [2.24, 2.45) is 4.99 Å². The predicted molar refractivity (Wildman–Crippen MR) is 126 cm³/mol. The normalized spacial score (nSPS) is 23.7. The van der Waals surface area contributed by atoms with Crippen LogP contribution < -0.4 is 14.5 Å². The molecular formula is C26H27N3O2. The molecule has 5 heteroatoms. The highest BCUT2D eigenvalue weighted by Gasteiger charge is 2.58. The number of nitrogens with zero attached hydrogens (tertiary/aromatic N) is 3. The number of fused-ring (bicyclic) bond motifs is 4. The van der Waals surface area contributed by atoms with Crippen molar-refractivity contribution in [2.45, 2.75) is 25.0 Å². The van der Waals surface area contributed by atoms with Gasteiger partial charge in [0.15, 0.2) is 5.75 Å². The summed E-state index contributed by atoms with van der Waals surface area (Å²) in [6, 6.07) is 19.2. The average molecular weight is 414 g/mol. The lowest BCUT2D eigenvalue weighted by Gasteiger charge is -2.45. The van der Waals surface area contributed by atoms with Crippen molar-refractivity contribution in [3.8, 4) is 5.75 Å². The van der Waals surface area contributed by atoms with Gasteiger partial charge in [0, 0.05) is 48.4 Å². The Morgan fingerprint density at radius 1 is 0.903 bits per heavy atom. The van der Waals surface area contributed by atoms with Gasteiger partial charge in [-0.1, -0.05) is 42.5 Å². The van der Waals surface area contributed by atoms with Gasteiger partial charge in [0.1, 0.15) is 5.69 Å². The number of aliphatic imine (C=N–C) groups is 1. The minimum Gasteiger partial charge on any atom is -0.459 e. The van der Waals surface area contributed by atoms with Crippen LogP contribution in [0.25, 0.3) is 10.8 Å². The van der Waals surface area contributed by atoms with Gasteiger partial charge in [0.25, 0.3) is 0 Å². The Balaban J connectivity index is 1.53. The average Bonchev–Trinajstić information content (AvgIpc) is 2.97.